The second kappa shape index (κ2) is 14.7. The number of aryl methyl sites for hydroxylation is 1. The minimum absolute atomic E-state index is 0.241. The highest BCUT2D eigenvalue weighted by Gasteiger charge is 2.43. The largest absolute Gasteiger partial charge is 0.327 e. The molecule has 1 aliphatic rings. The molecule has 1 aliphatic heterocycles. The highest BCUT2D eigenvalue weighted by molar-refractivity contribution is 7.20. The number of anilines is 3. The molecule has 0 unspecified atom stereocenters. The molecule has 0 fully saturated rings. The molecule has 0 amide bonds. The molecular weight excluding hydrogens is 795 g/mol. The average Bonchev–Trinajstić information content (AvgIpc) is 3.88. The highest BCUT2D eigenvalue weighted by Crippen LogP contribution is 2.55. The first-order valence-corrected chi connectivity index (χ1v) is 24.1. The van der Waals surface area contributed by atoms with Gasteiger partial charge in [0.25, 0.3) is 0 Å². The lowest BCUT2D eigenvalue weighted by Crippen LogP contribution is -2.74. The maximum atomic E-state index is 5.21. The number of hydrogen-bond acceptors (Lipinski definition) is 3. The van der Waals surface area contributed by atoms with E-state index >= 15 is 0 Å². The molecule has 0 bridgehead atoms. The Morgan fingerprint density at radius 2 is 1.12 bits per heavy atom. The van der Waals surface area contributed by atoms with Crippen molar-refractivity contribution in [2.24, 2.45) is 7.05 Å². The highest BCUT2D eigenvalue weighted by atomic mass is 28.3. The van der Waals surface area contributed by atoms with Crippen molar-refractivity contribution in [3.05, 3.63) is 230 Å². The Morgan fingerprint density at radius 1 is 0.500 bits per heavy atom. The van der Waals surface area contributed by atoms with Gasteiger partial charge in [-0.15, -0.1) is 0 Å². The second-order valence-electron chi connectivity index (χ2n) is 17.5. The zero-order valence-electron chi connectivity index (χ0n) is 36.0. The van der Waals surface area contributed by atoms with Gasteiger partial charge in [-0.25, -0.2) is 9.97 Å². The Bertz CT molecular complexity index is 3510. The van der Waals surface area contributed by atoms with Gasteiger partial charge in [-0.05, 0) is 92.5 Å². The van der Waals surface area contributed by atoms with Crippen LogP contribution in [0, 0.1) is 0 Å². The van der Waals surface area contributed by atoms with E-state index in [9.17, 15) is 0 Å². The normalized spacial score (nSPS) is 13.3. The van der Waals surface area contributed by atoms with Gasteiger partial charge in [0.15, 0.2) is 8.07 Å². The molecule has 0 saturated heterocycles. The molecule has 306 valence electrons. The summed E-state index contributed by atoms with van der Waals surface area (Å²) in [4.78, 5) is 12.9. The van der Waals surface area contributed by atoms with Crippen molar-refractivity contribution in [2.75, 3.05) is 4.90 Å². The minimum atomic E-state index is -3.02. The minimum Gasteiger partial charge on any atom is -0.327 e. The monoisotopic (exact) mass is 839 g/mol. The van der Waals surface area contributed by atoms with Crippen molar-refractivity contribution in [1.29, 1.82) is 0 Å². The Hall–Kier alpha value is -7.80. The maximum absolute atomic E-state index is 5.21. The molecule has 12 rings (SSSR count). The number of imidazole rings is 1. The average molecular weight is 840 g/mol. The first-order chi connectivity index (χ1) is 31.4. The second-order valence-corrected chi connectivity index (χ2v) is 21.3. The Balaban J connectivity index is 1.13. The van der Waals surface area contributed by atoms with Gasteiger partial charge in [-0.2, -0.15) is 0 Å². The number of rotatable bonds is 7. The van der Waals surface area contributed by atoms with E-state index in [0.717, 1.165) is 50.3 Å². The molecule has 0 radical (unpaired) electrons. The quantitative estimate of drug-likeness (QED) is 0.119. The molecule has 0 saturated carbocycles. The van der Waals surface area contributed by atoms with E-state index in [4.69, 9.17) is 9.97 Å². The molecule has 5 nitrogen and oxygen atoms in total. The summed E-state index contributed by atoms with van der Waals surface area (Å²) in [6.07, 6.45) is 1.93. The number of para-hydroxylation sites is 4. The number of aromatic nitrogens is 4. The van der Waals surface area contributed by atoms with Crippen LogP contribution in [0.1, 0.15) is 25.0 Å². The van der Waals surface area contributed by atoms with E-state index in [-0.39, 0.29) is 5.41 Å². The van der Waals surface area contributed by atoms with Crippen LogP contribution in [0.2, 0.25) is 0 Å². The lowest BCUT2D eigenvalue weighted by atomic mass is 9.73. The lowest BCUT2D eigenvalue weighted by molar-refractivity contribution is 0.633. The van der Waals surface area contributed by atoms with Gasteiger partial charge < -0.3 is 9.47 Å². The van der Waals surface area contributed by atoms with E-state index in [1.54, 1.807) is 0 Å². The molecule has 4 heterocycles. The molecule has 64 heavy (non-hydrogen) atoms. The number of nitrogens with zero attached hydrogens (tertiary/aromatic N) is 5. The number of hydrogen-bond donors (Lipinski definition) is 0. The summed E-state index contributed by atoms with van der Waals surface area (Å²) in [6.45, 7) is 4.73. The first kappa shape index (κ1) is 37.9. The van der Waals surface area contributed by atoms with E-state index in [1.165, 1.54) is 48.6 Å². The van der Waals surface area contributed by atoms with Crippen molar-refractivity contribution >= 4 is 78.9 Å². The molecule has 0 aliphatic carbocycles. The van der Waals surface area contributed by atoms with Crippen molar-refractivity contribution in [3.63, 3.8) is 0 Å². The van der Waals surface area contributed by atoms with Gasteiger partial charge in [0.1, 0.15) is 11.5 Å². The third kappa shape index (κ3) is 5.55. The van der Waals surface area contributed by atoms with E-state index < -0.39 is 8.07 Å². The molecule has 8 aromatic carbocycles. The van der Waals surface area contributed by atoms with Crippen LogP contribution in [0.5, 0.6) is 0 Å². The van der Waals surface area contributed by atoms with Gasteiger partial charge in [0, 0.05) is 46.4 Å². The summed E-state index contributed by atoms with van der Waals surface area (Å²) < 4.78 is 4.62. The van der Waals surface area contributed by atoms with Gasteiger partial charge in [-0.1, -0.05) is 166 Å². The topological polar surface area (TPSA) is 38.9 Å². The molecule has 6 heteroatoms. The van der Waals surface area contributed by atoms with Gasteiger partial charge in [0.05, 0.1) is 27.9 Å². The van der Waals surface area contributed by atoms with Crippen molar-refractivity contribution in [3.8, 4) is 17.1 Å². The van der Waals surface area contributed by atoms with Crippen LogP contribution in [0.3, 0.4) is 0 Å². The Morgan fingerprint density at radius 3 is 1.88 bits per heavy atom. The van der Waals surface area contributed by atoms with Gasteiger partial charge >= 0.3 is 0 Å². The van der Waals surface area contributed by atoms with E-state index in [0.29, 0.717) is 0 Å². The number of pyridine rings is 1. The number of fused-ring (bicyclic) bond motifs is 7. The van der Waals surface area contributed by atoms with Crippen molar-refractivity contribution in [2.45, 2.75) is 19.3 Å². The van der Waals surface area contributed by atoms with Crippen LogP contribution in [0.4, 0.5) is 17.1 Å². The van der Waals surface area contributed by atoms with Gasteiger partial charge in [0.2, 0.25) is 0 Å². The summed E-state index contributed by atoms with van der Waals surface area (Å²) in [6, 6.07) is 78.0. The SMILES string of the molecule is Cn1c(-c2cccc([Si](c3ccccc3)(c3ccccc3)c3cccc(-n4c5ccc6c(c5c5cccnc54)N(c4ccccc4)c4ccccc4C6(C)C)c3)c2)nc2ccccc21. The van der Waals surface area contributed by atoms with Crippen LogP contribution < -0.4 is 25.6 Å². The zero-order valence-corrected chi connectivity index (χ0v) is 37.0. The summed E-state index contributed by atoms with van der Waals surface area (Å²) in [7, 11) is -0.895. The fourth-order valence-corrected chi connectivity index (χ4v) is 15.6. The van der Waals surface area contributed by atoms with Crippen LogP contribution in [0.15, 0.2) is 219 Å². The molecule has 0 spiro atoms. The zero-order chi connectivity index (χ0) is 43.0. The fourth-order valence-electron chi connectivity index (χ4n) is 10.8. The predicted molar refractivity (Wildman–Crippen MR) is 269 cm³/mol. The molecule has 0 N–H and O–H groups in total. The summed E-state index contributed by atoms with van der Waals surface area (Å²) >= 11 is 0. The predicted octanol–water partition coefficient (Wildman–Crippen LogP) is 11.2. The van der Waals surface area contributed by atoms with Crippen molar-refractivity contribution < 1.29 is 0 Å². The maximum Gasteiger partial charge on any atom is 0.179 e. The molecule has 0 atom stereocenters. The Kier molecular flexibility index (Phi) is 8.68. The summed E-state index contributed by atoms with van der Waals surface area (Å²) in [5.41, 5.74) is 12.2. The third-order valence-corrected chi connectivity index (χ3v) is 18.4. The van der Waals surface area contributed by atoms with Crippen molar-refractivity contribution in [1.82, 2.24) is 19.1 Å². The molecular formula is C58H45N5Si. The molecule has 11 aromatic rings. The first-order valence-electron chi connectivity index (χ1n) is 22.1. The van der Waals surface area contributed by atoms with Crippen LogP contribution in [0.25, 0.3) is 50.0 Å². The fraction of sp³-hybridized carbons (Fsp3) is 0.0690. The smallest absolute Gasteiger partial charge is 0.179 e. The van der Waals surface area contributed by atoms with Gasteiger partial charge in [-0.3, -0.25) is 4.57 Å². The Labute approximate surface area is 374 Å². The van der Waals surface area contributed by atoms with Crippen LogP contribution in [-0.2, 0) is 12.5 Å². The third-order valence-electron chi connectivity index (χ3n) is 13.7. The van der Waals surface area contributed by atoms with Crippen LogP contribution in [-0.4, -0.2) is 27.2 Å². The lowest BCUT2D eigenvalue weighted by Gasteiger charge is -2.42. The van der Waals surface area contributed by atoms with E-state index in [1.807, 2.05) is 6.20 Å². The standard InChI is InChI=1S/C58H45N5Si/c1-58(2)48-31-13-15-33-51(48)62(41-21-7-4-8-22-41)55-49(58)35-36-53-54(55)47-30-19-37-59-57(47)63(53)42-23-18-29-46(39-42)64(43-24-9-5-10-25-43,44-26-11-6-12-27-44)45-28-17-20-40(38-45)56-60-50-32-14-16-34-52(50)61(56)3/h4-39H,1-3H3. The summed E-state index contributed by atoms with van der Waals surface area (Å²) in [5, 5.41) is 7.53. The van der Waals surface area contributed by atoms with Crippen LogP contribution >= 0.6 is 0 Å². The van der Waals surface area contributed by atoms with E-state index in [2.05, 4.69) is 247 Å². The number of benzene rings is 8. The summed E-state index contributed by atoms with van der Waals surface area (Å²) in [5.74, 6) is 0.954. The molecule has 3 aromatic heterocycles.